The number of aryl methyl sites for hydroxylation is 1. The lowest BCUT2D eigenvalue weighted by Gasteiger charge is -2.03. The number of Topliss-reactive ketones (excluding diaryl/α,β-unsaturated/α-hetero) is 1. The number of halogens is 3. The van der Waals surface area contributed by atoms with E-state index in [-0.39, 0.29) is 18.0 Å². The zero-order valence-corrected chi connectivity index (χ0v) is 12.3. The lowest BCUT2D eigenvalue weighted by molar-refractivity contribution is 0.0979. The van der Waals surface area contributed by atoms with Gasteiger partial charge in [0.15, 0.2) is 5.78 Å². The highest BCUT2D eigenvalue weighted by molar-refractivity contribution is 6.31. The molecule has 0 aliphatic carbocycles. The highest BCUT2D eigenvalue weighted by Gasteiger charge is 2.11. The molecule has 1 heterocycles. The quantitative estimate of drug-likeness (QED) is 0.681. The molecule has 0 saturated carbocycles. The summed E-state index contributed by atoms with van der Waals surface area (Å²) in [4.78, 5) is 15.2. The maximum Gasteiger partial charge on any atom is 0.179 e. The van der Waals surface area contributed by atoms with Gasteiger partial charge >= 0.3 is 0 Å². The summed E-state index contributed by atoms with van der Waals surface area (Å²) in [5, 5.41) is 0.967. The Hall–Kier alpha value is -2.20. The highest BCUT2D eigenvalue weighted by atomic mass is 35.5. The third-order valence-electron chi connectivity index (χ3n) is 3.52. The molecule has 22 heavy (non-hydrogen) atoms. The minimum absolute atomic E-state index is 0.100. The van der Waals surface area contributed by atoms with Crippen molar-refractivity contribution in [3.63, 3.8) is 0 Å². The van der Waals surface area contributed by atoms with Gasteiger partial charge in [0.05, 0.1) is 5.69 Å². The van der Waals surface area contributed by atoms with Crippen LogP contribution in [0.4, 0.5) is 8.78 Å². The smallest absolute Gasteiger partial charge is 0.179 e. The van der Waals surface area contributed by atoms with Crippen molar-refractivity contribution in [2.45, 2.75) is 12.8 Å². The molecule has 0 saturated heterocycles. The third kappa shape index (κ3) is 3.02. The summed E-state index contributed by atoms with van der Waals surface area (Å²) in [6.45, 7) is 0. The fourth-order valence-electron chi connectivity index (χ4n) is 2.36. The van der Waals surface area contributed by atoms with Gasteiger partial charge in [0.2, 0.25) is 0 Å². The zero-order valence-electron chi connectivity index (χ0n) is 11.5. The maximum absolute atomic E-state index is 13.1. The molecule has 0 aliphatic rings. The van der Waals surface area contributed by atoms with Gasteiger partial charge in [-0.2, -0.15) is 0 Å². The van der Waals surface area contributed by atoms with Crippen LogP contribution in [0.2, 0.25) is 5.02 Å². The van der Waals surface area contributed by atoms with Crippen LogP contribution in [0, 0.1) is 11.6 Å². The zero-order chi connectivity index (χ0) is 15.7. The Kier molecular flexibility index (Phi) is 3.94. The summed E-state index contributed by atoms with van der Waals surface area (Å²) in [6, 6.07) is 10.1. The molecule has 5 heteroatoms. The van der Waals surface area contributed by atoms with Crippen molar-refractivity contribution in [2.24, 2.45) is 0 Å². The van der Waals surface area contributed by atoms with E-state index in [0.717, 1.165) is 5.56 Å². The first-order valence-corrected chi connectivity index (χ1v) is 7.16. The Balaban J connectivity index is 1.75. The van der Waals surface area contributed by atoms with Crippen LogP contribution in [0.1, 0.15) is 22.5 Å². The topological polar surface area (TPSA) is 32.9 Å². The van der Waals surface area contributed by atoms with Crippen molar-refractivity contribution in [1.82, 2.24) is 4.98 Å². The Bertz CT molecular complexity index is 857. The molecule has 0 spiro atoms. The van der Waals surface area contributed by atoms with E-state index in [4.69, 9.17) is 11.6 Å². The van der Waals surface area contributed by atoms with Crippen LogP contribution < -0.4 is 0 Å². The molecule has 0 fully saturated rings. The molecular weight excluding hydrogens is 308 g/mol. The summed E-state index contributed by atoms with van der Waals surface area (Å²) in [5.74, 6) is -0.849. The molecule has 2 aromatic carbocycles. The highest BCUT2D eigenvalue weighted by Crippen LogP contribution is 2.21. The summed E-state index contributed by atoms with van der Waals surface area (Å²) >= 11 is 5.94. The van der Waals surface area contributed by atoms with Crippen molar-refractivity contribution in [1.29, 1.82) is 0 Å². The number of rotatable bonds is 4. The van der Waals surface area contributed by atoms with E-state index in [1.807, 2.05) is 0 Å². The first-order valence-electron chi connectivity index (χ1n) is 6.78. The average Bonchev–Trinajstić information content (AvgIpc) is 2.89. The number of carbonyl (C=O) groups is 1. The molecule has 0 unspecified atom stereocenters. The standard InChI is InChI=1S/C17H12ClF2NO/c18-14-9-13(20)3-1-10(14)2-6-17(22)16-8-11-7-12(19)4-5-15(11)21-16/h1,3-5,7-9,21H,2,6H2. The summed E-state index contributed by atoms with van der Waals surface area (Å²) < 4.78 is 26.1. The Morgan fingerprint density at radius 1 is 1.05 bits per heavy atom. The molecule has 112 valence electrons. The van der Waals surface area contributed by atoms with Gasteiger partial charge in [-0.25, -0.2) is 8.78 Å². The first kappa shape index (κ1) is 14.7. The molecule has 1 N–H and O–H groups in total. The van der Waals surface area contributed by atoms with Gasteiger partial charge in [-0.3, -0.25) is 4.79 Å². The van der Waals surface area contributed by atoms with E-state index >= 15 is 0 Å². The second-order valence-electron chi connectivity index (χ2n) is 5.07. The minimum Gasteiger partial charge on any atom is -0.352 e. The maximum atomic E-state index is 13.1. The van der Waals surface area contributed by atoms with Crippen LogP contribution in [0.5, 0.6) is 0 Å². The number of aromatic nitrogens is 1. The Labute approximate surface area is 130 Å². The van der Waals surface area contributed by atoms with Gasteiger partial charge < -0.3 is 4.98 Å². The summed E-state index contributed by atoms with van der Waals surface area (Å²) in [6.07, 6.45) is 0.655. The van der Waals surface area contributed by atoms with Crippen LogP contribution in [0.15, 0.2) is 42.5 Å². The monoisotopic (exact) mass is 319 g/mol. The normalized spacial score (nSPS) is 11.0. The van der Waals surface area contributed by atoms with Crippen molar-refractivity contribution in [2.75, 3.05) is 0 Å². The van der Waals surface area contributed by atoms with Crippen molar-refractivity contribution >= 4 is 28.3 Å². The van der Waals surface area contributed by atoms with Gasteiger partial charge in [-0.1, -0.05) is 17.7 Å². The number of ketones is 1. The number of benzene rings is 2. The van der Waals surface area contributed by atoms with Crippen molar-refractivity contribution in [3.05, 3.63) is 70.4 Å². The van der Waals surface area contributed by atoms with Crippen LogP contribution in [-0.2, 0) is 6.42 Å². The van der Waals surface area contributed by atoms with Gasteiger partial charge in [0, 0.05) is 22.3 Å². The van der Waals surface area contributed by atoms with E-state index in [9.17, 15) is 13.6 Å². The molecule has 3 rings (SSSR count). The number of aromatic amines is 1. The lowest BCUT2D eigenvalue weighted by atomic mass is 10.1. The van der Waals surface area contributed by atoms with E-state index in [1.54, 1.807) is 18.2 Å². The third-order valence-corrected chi connectivity index (χ3v) is 3.87. The first-order chi connectivity index (χ1) is 10.5. The minimum atomic E-state index is -0.405. The molecule has 1 aromatic heterocycles. The molecule has 3 aromatic rings. The molecule has 0 bridgehead atoms. The Morgan fingerprint density at radius 3 is 2.55 bits per heavy atom. The average molecular weight is 320 g/mol. The Morgan fingerprint density at radius 2 is 1.77 bits per heavy atom. The van der Waals surface area contributed by atoms with Crippen LogP contribution in [0.3, 0.4) is 0 Å². The van der Waals surface area contributed by atoms with Gasteiger partial charge in [0.25, 0.3) is 0 Å². The van der Waals surface area contributed by atoms with E-state index < -0.39 is 5.82 Å². The predicted octanol–water partition coefficient (Wildman–Crippen LogP) is 4.92. The van der Waals surface area contributed by atoms with E-state index in [0.29, 0.717) is 28.0 Å². The van der Waals surface area contributed by atoms with Gasteiger partial charge in [0.1, 0.15) is 11.6 Å². The van der Waals surface area contributed by atoms with E-state index in [2.05, 4.69) is 4.98 Å². The number of fused-ring (bicyclic) bond motifs is 1. The summed E-state index contributed by atoms with van der Waals surface area (Å²) in [7, 11) is 0. The largest absolute Gasteiger partial charge is 0.352 e. The number of nitrogens with one attached hydrogen (secondary N) is 1. The fourth-order valence-corrected chi connectivity index (χ4v) is 2.62. The molecule has 2 nitrogen and oxygen atoms in total. The molecule has 0 aliphatic heterocycles. The number of hydrogen-bond acceptors (Lipinski definition) is 1. The van der Waals surface area contributed by atoms with Gasteiger partial charge in [-0.05, 0) is 48.4 Å². The summed E-state index contributed by atoms with van der Waals surface area (Å²) in [5.41, 5.74) is 1.86. The molecule has 0 radical (unpaired) electrons. The van der Waals surface area contributed by atoms with Gasteiger partial charge in [-0.15, -0.1) is 0 Å². The van der Waals surface area contributed by atoms with Crippen molar-refractivity contribution < 1.29 is 13.6 Å². The predicted molar refractivity (Wildman–Crippen MR) is 82.3 cm³/mol. The van der Waals surface area contributed by atoms with Crippen LogP contribution in [0.25, 0.3) is 10.9 Å². The molecule has 0 atom stereocenters. The second kappa shape index (κ2) is 5.89. The second-order valence-corrected chi connectivity index (χ2v) is 5.48. The van der Waals surface area contributed by atoms with Crippen molar-refractivity contribution in [3.8, 4) is 0 Å². The van der Waals surface area contributed by atoms with E-state index in [1.165, 1.54) is 24.3 Å². The fraction of sp³-hybridized carbons (Fsp3) is 0.118. The lowest BCUT2D eigenvalue weighted by Crippen LogP contribution is -2.02. The van der Waals surface area contributed by atoms with Crippen LogP contribution in [-0.4, -0.2) is 10.8 Å². The number of hydrogen-bond donors (Lipinski definition) is 1. The SMILES string of the molecule is O=C(CCc1ccc(F)cc1Cl)c1cc2cc(F)ccc2[nH]1. The number of carbonyl (C=O) groups excluding carboxylic acids is 1. The molecule has 0 amide bonds. The van der Waals surface area contributed by atoms with Crippen LogP contribution >= 0.6 is 11.6 Å². The molecular formula is C17H12ClF2NO. The number of H-pyrrole nitrogens is 1.